The molecular weight excluding hydrogens is 485 g/mol. The van der Waals surface area contributed by atoms with Crippen LogP contribution in [0.1, 0.15) is 45.6 Å². The molecule has 1 N–H and O–H groups in total. The lowest BCUT2D eigenvalue weighted by Crippen LogP contribution is -2.49. The molecule has 0 aliphatic rings. The van der Waals surface area contributed by atoms with Gasteiger partial charge < -0.3 is 15.0 Å². The van der Waals surface area contributed by atoms with Crippen molar-refractivity contribution in [3.63, 3.8) is 0 Å². The summed E-state index contributed by atoms with van der Waals surface area (Å²) in [7, 11) is -2.18. The average molecular weight is 522 g/mol. The molecule has 0 aliphatic heterocycles. The third-order valence-electron chi connectivity index (χ3n) is 5.94. The highest BCUT2D eigenvalue weighted by Crippen LogP contribution is 2.29. The molecule has 2 rings (SSSR count). The van der Waals surface area contributed by atoms with E-state index < -0.39 is 21.9 Å². The van der Waals surface area contributed by atoms with Gasteiger partial charge in [-0.05, 0) is 56.5 Å². The van der Waals surface area contributed by atoms with Crippen molar-refractivity contribution in [3.8, 4) is 5.75 Å². The number of methoxy groups -OCH3 is 1. The van der Waals surface area contributed by atoms with Crippen molar-refractivity contribution >= 4 is 27.5 Å². The molecule has 0 spiro atoms. The minimum absolute atomic E-state index is 0.0172. The lowest BCUT2D eigenvalue weighted by atomic mass is 10.1. The van der Waals surface area contributed by atoms with E-state index in [0.29, 0.717) is 17.0 Å². The van der Waals surface area contributed by atoms with Crippen molar-refractivity contribution in [1.82, 2.24) is 10.2 Å². The van der Waals surface area contributed by atoms with Gasteiger partial charge in [0.15, 0.2) is 0 Å². The van der Waals surface area contributed by atoms with Gasteiger partial charge in [0.25, 0.3) is 0 Å². The van der Waals surface area contributed by atoms with Crippen molar-refractivity contribution in [1.29, 1.82) is 0 Å². The van der Waals surface area contributed by atoms with Crippen LogP contribution in [0.15, 0.2) is 48.5 Å². The third kappa shape index (κ3) is 8.22. The fourth-order valence-corrected chi connectivity index (χ4v) is 4.62. The number of carbonyl (C=O) groups excluding carboxylic acids is 2. The normalized spacial score (nSPS) is 12.9. The van der Waals surface area contributed by atoms with E-state index in [1.165, 1.54) is 28.4 Å². The fourth-order valence-electron chi connectivity index (χ4n) is 3.65. The first-order chi connectivity index (χ1) is 17.0. The maximum absolute atomic E-state index is 13.4. The van der Waals surface area contributed by atoms with Gasteiger partial charge in [0, 0.05) is 25.6 Å². The average Bonchev–Trinajstić information content (AvgIpc) is 2.84. The highest BCUT2D eigenvalue weighted by Gasteiger charge is 2.27. The summed E-state index contributed by atoms with van der Waals surface area (Å²) in [4.78, 5) is 27.5. The van der Waals surface area contributed by atoms with Crippen LogP contribution in [0.5, 0.6) is 5.75 Å². The van der Waals surface area contributed by atoms with Crippen LogP contribution < -0.4 is 14.4 Å². The Morgan fingerprint density at radius 3 is 2.31 bits per heavy atom. The summed E-state index contributed by atoms with van der Waals surface area (Å²) >= 11 is 0. The second kappa shape index (κ2) is 13.2. The number of halogens is 1. The standard InChI is InChI=1S/C26H36FN3O5S/c1-6-19(2)28-26(32)20(3)29(18-21-13-15-22(27)16-14-21)25(31)12-9-17-30(36(5,33)34)23-10-7-8-11-24(23)35-4/h7-8,10-11,13-16,19-20H,6,9,12,17-18H2,1-5H3,(H,28,32)/t19-,20-/m0/s1. The Labute approximate surface area is 213 Å². The highest BCUT2D eigenvalue weighted by molar-refractivity contribution is 7.92. The number of rotatable bonds is 13. The summed E-state index contributed by atoms with van der Waals surface area (Å²) in [6.07, 6.45) is 2.09. The van der Waals surface area contributed by atoms with Crippen LogP contribution in [-0.4, -0.2) is 57.1 Å². The van der Waals surface area contributed by atoms with Gasteiger partial charge in [-0.15, -0.1) is 0 Å². The molecule has 0 bridgehead atoms. The lowest BCUT2D eigenvalue weighted by Gasteiger charge is -2.30. The topological polar surface area (TPSA) is 96.0 Å². The summed E-state index contributed by atoms with van der Waals surface area (Å²) in [5, 5.41) is 2.89. The molecule has 2 amide bonds. The molecule has 0 fully saturated rings. The van der Waals surface area contributed by atoms with Gasteiger partial charge in [0.2, 0.25) is 21.8 Å². The number of anilines is 1. The molecule has 0 heterocycles. The zero-order chi connectivity index (χ0) is 26.9. The number of para-hydroxylation sites is 2. The van der Waals surface area contributed by atoms with Gasteiger partial charge in [0.1, 0.15) is 17.6 Å². The van der Waals surface area contributed by atoms with E-state index in [0.717, 1.165) is 12.7 Å². The fraction of sp³-hybridized carbons (Fsp3) is 0.462. The van der Waals surface area contributed by atoms with Crippen molar-refractivity contribution < 1.29 is 27.1 Å². The third-order valence-corrected chi connectivity index (χ3v) is 7.12. The largest absolute Gasteiger partial charge is 0.495 e. The van der Waals surface area contributed by atoms with Gasteiger partial charge in [0.05, 0.1) is 19.1 Å². The zero-order valence-corrected chi connectivity index (χ0v) is 22.3. The summed E-state index contributed by atoms with van der Waals surface area (Å²) in [5.41, 5.74) is 1.07. The molecule has 10 heteroatoms. The SMILES string of the molecule is CC[C@H](C)NC(=O)[C@H](C)N(Cc1ccc(F)cc1)C(=O)CCCN(c1ccccc1OC)S(C)(=O)=O. The molecule has 8 nitrogen and oxygen atoms in total. The van der Waals surface area contributed by atoms with Gasteiger partial charge in [-0.2, -0.15) is 0 Å². The number of nitrogens with one attached hydrogen (secondary N) is 1. The predicted octanol–water partition coefficient (Wildman–Crippen LogP) is 3.71. The second-order valence-corrected chi connectivity index (χ2v) is 10.7. The molecule has 198 valence electrons. The number of hydrogen-bond acceptors (Lipinski definition) is 5. The first-order valence-electron chi connectivity index (χ1n) is 11.9. The van der Waals surface area contributed by atoms with Gasteiger partial charge >= 0.3 is 0 Å². The Morgan fingerprint density at radius 1 is 1.08 bits per heavy atom. The number of carbonyl (C=O) groups is 2. The number of benzene rings is 2. The Balaban J connectivity index is 2.19. The number of hydrogen-bond donors (Lipinski definition) is 1. The van der Waals surface area contributed by atoms with Crippen LogP contribution in [0.2, 0.25) is 0 Å². The molecule has 0 aromatic heterocycles. The molecule has 0 radical (unpaired) electrons. The van der Waals surface area contributed by atoms with E-state index in [2.05, 4.69) is 5.32 Å². The van der Waals surface area contributed by atoms with Crippen molar-refractivity contribution in [2.24, 2.45) is 0 Å². The second-order valence-electron chi connectivity index (χ2n) is 8.75. The first kappa shape index (κ1) is 29.1. The van der Waals surface area contributed by atoms with Gasteiger partial charge in [-0.25, -0.2) is 12.8 Å². The van der Waals surface area contributed by atoms with E-state index in [1.54, 1.807) is 43.3 Å². The van der Waals surface area contributed by atoms with Gasteiger partial charge in [-0.1, -0.05) is 31.2 Å². The number of amides is 2. The zero-order valence-electron chi connectivity index (χ0n) is 21.5. The quantitative estimate of drug-likeness (QED) is 0.434. The predicted molar refractivity (Wildman–Crippen MR) is 139 cm³/mol. The Kier molecular flexibility index (Phi) is 10.7. The van der Waals surface area contributed by atoms with E-state index >= 15 is 0 Å². The molecular formula is C26H36FN3O5S. The number of sulfonamides is 1. The van der Waals surface area contributed by atoms with Crippen LogP contribution in [0, 0.1) is 5.82 Å². The van der Waals surface area contributed by atoms with E-state index in [1.807, 2.05) is 13.8 Å². The maximum atomic E-state index is 13.4. The Morgan fingerprint density at radius 2 is 1.72 bits per heavy atom. The van der Waals surface area contributed by atoms with Crippen LogP contribution in [0.25, 0.3) is 0 Å². The summed E-state index contributed by atoms with van der Waals surface area (Å²) in [6.45, 7) is 5.66. The molecule has 0 saturated heterocycles. The summed E-state index contributed by atoms with van der Waals surface area (Å²) < 4.78 is 44.9. The minimum Gasteiger partial charge on any atom is -0.495 e. The minimum atomic E-state index is -3.64. The number of nitrogens with zero attached hydrogens (tertiary/aromatic N) is 2. The molecule has 2 atom stereocenters. The molecule has 36 heavy (non-hydrogen) atoms. The molecule has 2 aromatic carbocycles. The number of ether oxygens (including phenoxy) is 1. The van der Waals surface area contributed by atoms with E-state index in [-0.39, 0.29) is 43.8 Å². The molecule has 0 unspecified atom stereocenters. The van der Waals surface area contributed by atoms with E-state index in [9.17, 15) is 22.4 Å². The van der Waals surface area contributed by atoms with Crippen molar-refractivity contribution in [2.45, 2.75) is 58.7 Å². The lowest BCUT2D eigenvalue weighted by molar-refractivity contribution is -0.140. The van der Waals surface area contributed by atoms with Crippen molar-refractivity contribution in [3.05, 3.63) is 59.9 Å². The van der Waals surface area contributed by atoms with Crippen LogP contribution in [0.4, 0.5) is 10.1 Å². The monoisotopic (exact) mass is 521 g/mol. The van der Waals surface area contributed by atoms with E-state index in [4.69, 9.17) is 4.74 Å². The Hall–Kier alpha value is -3.14. The highest BCUT2D eigenvalue weighted by atomic mass is 32.2. The van der Waals surface area contributed by atoms with Gasteiger partial charge in [-0.3, -0.25) is 13.9 Å². The molecule has 2 aromatic rings. The maximum Gasteiger partial charge on any atom is 0.242 e. The summed E-state index contributed by atoms with van der Waals surface area (Å²) in [6, 6.07) is 11.7. The molecule has 0 saturated carbocycles. The smallest absolute Gasteiger partial charge is 0.242 e. The first-order valence-corrected chi connectivity index (χ1v) is 13.8. The molecule has 0 aliphatic carbocycles. The van der Waals surface area contributed by atoms with Crippen LogP contribution >= 0.6 is 0 Å². The van der Waals surface area contributed by atoms with Crippen LogP contribution in [-0.2, 0) is 26.2 Å². The van der Waals surface area contributed by atoms with Crippen molar-refractivity contribution in [2.75, 3.05) is 24.2 Å². The van der Waals surface area contributed by atoms with Crippen LogP contribution in [0.3, 0.4) is 0 Å². The summed E-state index contributed by atoms with van der Waals surface area (Å²) in [5.74, 6) is -0.579. The Bertz CT molecular complexity index is 1120.